The number of rotatable bonds is 5. The van der Waals surface area contributed by atoms with Crippen molar-refractivity contribution in [3.8, 4) is 11.4 Å². The second-order valence-electron chi connectivity index (χ2n) is 4.83. The van der Waals surface area contributed by atoms with Crippen LogP contribution in [0.1, 0.15) is 21.9 Å². The third-order valence-electron chi connectivity index (χ3n) is 3.14. The molecule has 7 nitrogen and oxygen atoms in total. The zero-order valence-corrected chi connectivity index (χ0v) is 12.7. The fourth-order valence-corrected chi connectivity index (χ4v) is 2.06. The highest BCUT2D eigenvalue weighted by Gasteiger charge is 2.20. The van der Waals surface area contributed by atoms with Crippen LogP contribution in [0.2, 0.25) is 0 Å². The molecule has 118 valence electrons. The van der Waals surface area contributed by atoms with Crippen molar-refractivity contribution in [1.82, 2.24) is 14.9 Å². The van der Waals surface area contributed by atoms with Gasteiger partial charge in [0.2, 0.25) is 5.69 Å². The van der Waals surface area contributed by atoms with Gasteiger partial charge in [-0.2, -0.15) is 5.10 Å². The summed E-state index contributed by atoms with van der Waals surface area (Å²) in [6.45, 7) is 1.78. The van der Waals surface area contributed by atoms with E-state index in [4.69, 9.17) is 14.0 Å². The van der Waals surface area contributed by atoms with Gasteiger partial charge < -0.3 is 14.0 Å². The smallest absolute Gasteiger partial charge is 0.363 e. The average Bonchev–Trinajstić information content (AvgIpc) is 3.19. The van der Waals surface area contributed by atoms with Crippen LogP contribution in [0, 0.1) is 6.92 Å². The number of carbonyl (C=O) groups is 1. The largest absolute Gasteiger partial charge is 0.493 e. The first-order valence-corrected chi connectivity index (χ1v) is 6.96. The van der Waals surface area contributed by atoms with Crippen molar-refractivity contribution in [2.24, 2.45) is 0 Å². The Labute approximate surface area is 132 Å². The van der Waals surface area contributed by atoms with Gasteiger partial charge in [-0.3, -0.25) is 0 Å². The molecule has 7 heteroatoms. The second-order valence-corrected chi connectivity index (χ2v) is 4.83. The molecule has 0 aliphatic carbocycles. The van der Waals surface area contributed by atoms with Gasteiger partial charge in [-0.1, -0.05) is 23.4 Å². The summed E-state index contributed by atoms with van der Waals surface area (Å²) in [7, 11) is 1.48. The Bertz CT molecular complexity index is 808. The fraction of sp³-hybridized carbons (Fsp3) is 0.188. The summed E-state index contributed by atoms with van der Waals surface area (Å²) in [5, 5.41) is 8.01. The molecule has 0 saturated heterocycles. The third-order valence-corrected chi connectivity index (χ3v) is 3.14. The highest BCUT2D eigenvalue weighted by Crippen LogP contribution is 2.20. The van der Waals surface area contributed by atoms with Crippen molar-refractivity contribution >= 4 is 5.97 Å². The van der Waals surface area contributed by atoms with Crippen molar-refractivity contribution in [2.45, 2.75) is 13.5 Å². The summed E-state index contributed by atoms with van der Waals surface area (Å²) in [4.78, 5) is 12.2. The quantitative estimate of drug-likeness (QED) is 0.673. The van der Waals surface area contributed by atoms with E-state index >= 15 is 0 Å². The first-order chi connectivity index (χ1) is 11.2. The SMILES string of the molecule is COc1cn(-c2ccccc2)nc1C(=O)OCc1cc(C)on1. The number of benzene rings is 1. The lowest BCUT2D eigenvalue weighted by Crippen LogP contribution is -2.08. The molecule has 0 spiro atoms. The van der Waals surface area contributed by atoms with Crippen LogP contribution in [-0.2, 0) is 11.3 Å². The maximum absolute atomic E-state index is 12.2. The number of carbonyl (C=O) groups excluding carboxylic acids is 1. The van der Waals surface area contributed by atoms with Crippen LogP contribution in [0.25, 0.3) is 5.69 Å². The van der Waals surface area contributed by atoms with Crippen LogP contribution in [0.4, 0.5) is 0 Å². The number of hydrogen-bond acceptors (Lipinski definition) is 6. The Morgan fingerprint density at radius 3 is 2.74 bits per heavy atom. The summed E-state index contributed by atoms with van der Waals surface area (Å²) < 4.78 is 16.9. The zero-order chi connectivity index (χ0) is 16.2. The van der Waals surface area contributed by atoms with E-state index < -0.39 is 5.97 Å². The van der Waals surface area contributed by atoms with E-state index in [1.807, 2.05) is 30.3 Å². The highest BCUT2D eigenvalue weighted by atomic mass is 16.5. The van der Waals surface area contributed by atoms with E-state index in [2.05, 4.69) is 10.3 Å². The number of ether oxygens (including phenoxy) is 2. The molecule has 0 radical (unpaired) electrons. The molecule has 2 heterocycles. The Morgan fingerprint density at radius 1 is 1.30 bits per heavy atom. The molecule has 1 aromatic carbocycles. The van der Waals surface area contributed by atoms with Gasteiger partial charge in [-0.25, -0.2) is 9.48 Å². The second kappa shape index (κ2) is 6.35. The molecule has 0 atom stereocenters. The number of aromatic nitrogens is 3. The fourth-order valence-electron chi connectivity index (χ4n) is 2.06. The monoisotopic (exact) mass is 313 g/mol. The molecule has 0 aliphatic heterocycles. The summed E-state index contributed by atoms with van der Waals surface area (Å²) in [6, 6.07) is 11.1. The van der Waals surface area contributed by atoms with Crippen LogP contribution in [0.5, 0.6) is 5.75 Å². The number of nitrogens with zero attached hydrogens (tertiary/aromatic N) is 3. The normalized spacial score (nSPS) is 10.5. The maximum Gasteiger partial charge on any atom is 0.363 e. The molecule has 2 aromatic heterocycles. The van der Waals surface area contributed by atoms with Crippen LogP contribution in [0.3, 0.4) is 0 Å². The molecule has 0 N–H and O–H groups in total. The van der Waals surface area contributed by atoms with Gasteiger partial charge in [0.25, 0.3) is 0 Å². The number of aryl methyl sites for hydroxylation is 1. The predicted octanol–water partition coefficient (Wildman–Crippen LogP) is 2.53. The van der Waals surface area contributed by atoms with Gasteiger partial charge >= 0.3 is 5.97 Å². The molecule has 0 amide bonds. The van der Waals surface area contributed by atoms with Crippen molar-refractivity contribution in [3.05, 3.63) is 59.7 Å². The minimum absolute atomic E-state index is 0.0114. The Morgan fingerprint density at radius 2 is 2.09 bits per heavy atom. The lowest BCUT2D eigenvalue weighted by Gasteiger charge is -2.01. The van der Waals surface area contributed by atoms with E-state index in [0.29, 0.717) is 17.2 Å². The molecule has 0 saturated carbocycles. The van der Waals surface area contributed by atoms with Crippen LogP contribution >= 0.6 is 0 Å². The lowest BCUT2D eigenvalue weighted by molar-refractivity contribution is 0.0453. The first-order valence-electron chi connectivity index (χ1n) is 6.96. The zero-order valence-electron chi connectivity index (χ0n) is 12.7. The van der Waals surface area contributed by atoms with E-state index in [-0.39, 0.29) is 12.3 Å². The molecule has 0 unspecified atom stereocenters. The molecular weight excluding hydrogens is 298 g/mol. The van der Waals surface area contributed by atoms with Gasteiger partial charge in [-0.05, 0) is 19.1 Å². The number of esters is 1. The van der Waals surface area contributed by atoms with Crippen molar-refractivity contribution in [3.63, 3.8) is 0 Å². The number of para-hydroxylation sites is 1. The topological polar surface area (TPSA) is 79.4 Å². The van der Waals surface area contributed by atoms with E-state index in [0.717, 1.165) is 5.69 Å². The van der Waals surface area contributed by atoms with Crippen molar-refractivity contribution in [1.29, 1.82) is 0 Å². The highest BCUT2D eigenvalue weighted by molar-refractivity contribution is 5.90. The molecule has 3 rings (SSSR count). The molecule has 3 aromatic rings. The number of hydrogen-bond donors (Lipinski definition) is 0. The van der Waals surface area contributed by atoms with Gasteiger partial charge in [0.05, 0.1) is 19.0 Å². The summed E-state index contributed by atoms with van der Waals surface area (Å²) in [5.41, 5.74) is 1.46. The maximum atomic E-state index is 12.2. The van der Waals surface area contributed by atoms with Gasteiger partial charge in [0.15, 0.2) is 5.75 Å². The summed E-state index contributed by atoms with van der Waals surface area (Å²) in [6.07, 6.45) is 1.63. The Balaban J connectivity index is 1.78. The van der Waals surface area contributed by atoms with E-state index in [1.165, 1.54) is 7.11 Å². The summed E-state index contributed by atoms with van der Waals surface area (Å²) >= 11 is 0. The van der Waals surface area contributed by atoms with Gasteiger partial charge in [-0.15, -0.1) is 0 Å². The van der Waals surface area contributed by atoms with E-state index in [9.17, 15) is 4.79 Å². The summed E-state index contributed by atoms with van der Waals surface area (Å²) in [5.74, 6) is 0.411. The Kier molecular flexibility index (Phi) is 4.09. The van der Waals surface area contributed by atoms with Crippen molar-refractivity contribution < 1.29 is 18.8 Å². The molecule has 23 heavy (non-hydrogen) atoms. The molecular formula is C16H15N3O4. The Hall–Kier alpha value is -3.09. The van der Waals surface area contributed by atoms with Crippen LogP contribution < -0.4 is 4.74 Å². The van der Waals surface area contributed by atoms with Gasteiger partial charge in [0.1, 0.15) is 18.1 Å². The predicted molar refractivity (Wildman–Crippen MR) is 80.5 cm³/mol. The van der Waals surface area contributed by atoms with Crippen LogP contribution in [0.15, 0.2) is 47.1 Å². The van der Waals surface area contributed by atoms with Crippen molar-refractivity contribution in [2.75, 3.05) is 7.11 Å². The lowest BCUT2D eigenvalue weighted by atomic mass is 10.3. The van der Waals surface area contributed by atoms with E-state index in [1.54, 1.807) is 23.9 Å². The minimum atomic E-state index is -0.586. The average molecular weight is 313 g/mol. The minimum Gasteiger partial charge on any atom is -0.493 e. The van der Waals surface area contributed by atoms with Crippen LogP contribution in [-0.4, -0.2) is 28.0 Å². The first kappa shape index (κ1) is 14.8. The third kappa shape index (κ3) is 3.23. The number of methoxy groups -OCH3 is 1. The molecule has 0 bridgehead atoms. The molecule has 0 aliphatic rings. The standard InChI is InChI=1S/C16H15N3O4/c1-11-8-12(18-23-11)10-22-16(20)15-14(21-2)9-19(17-15)13-6-4-3-5-7-13/h3-9H,10H2,1-2H3. The van der Waals surface area contributed by atoms with Gasteiger partial charge in [0, 0.05) is 6.07 Å². The molecule has 0 fully saturated rings.